The summed E-state index contributed by atoms with van der Waals surface area (Å²) in [5.41, 5.74) is 4.96. The van der Waals surface area contributed by atoms with Gasteiger partial charge >= 0.3 is 5.97 Å². The Hall–Kier alpha value is -0.750. The Morgan fingerprint density at radius 2 is 2.07 bits per heavy atom. The third-order valence-electron chi connectivity index (χ3n) is 1.80. The maximum absolute atomic E-state index is 10.7. The molecule has 0 spiro atoms. The van der Waals surface area contributed by atoms with Crippen molar-refractivity contribution in [2.75, 3.05) is 32.1 Å². The average molecular weight is 234 g/mol. The van der Waals surface area contributed by atoms with Gasteiger partial charge in [0, 0.05) is 24.5 Å². The number of amides is 1. The topological polar surface area (TPSA) is 83.6 Å². The predicted molar refractivity (Wildman–Crippen MR) is 60.8 cm³/mol. The van der Waals surface area contributed by atoms with E-state index in [4.69, 9.17) is 10.8 Å². The van der Waals surface area contributed by atoms with Crippen LogP contribution >= 0.6 is 11.8 Å². The van der Waals surface area contributed by atoms with Gasteiger partial charge in [0.25, 0.3) is 0 Å². The Labute approximate surface area is 94.0 Å². The Morgan fingerprint density at radius 3 is 2.47 bits per heavy atom. The highest BCUT2D eigenvalue weighted by molar-refractivity contribution is 7.99. The van der Waals surface area contributed by atoms with E-state index in [1.807, 2.05) is 19.0 Å². The van der Waals surface area contributed by atoms with Crippen molar-refractivity contribution in [1.82, 2.24) is 4.90 Å². The van der Waals surface area contributed by atoms with Gasteiger partial charge < -0.3 is 15.7 Å². The molecule has 0 aromatic carbocycles. The molecule has 0 aliphatic heterocycles. The van der Waals surface area contributed by atoms with Gasteiger partial charge in [0.05, 0.1) is 5.92 Å². The minimum atomic E-state index is -0.953. The normalized spacial score (nSPS) is 12.7. The van der Waals surface area contributed by atoms with Crippen molar-refractivity contribution in [2.24, 2.45) is 11.7 Å². The summed E-state index contributed by atoms with van der Waals surface area (Å²) in [4.78, 5) is 23.4. The number of aliphatic carboxylic acids is 1. The van der Waals surface area contributed by atoms with Crippen molar-refractivity contribution >= 4 is 23.6 Å². The van der Waals surface area contributed by atoms with Crippen LogP contribution in [0.15, 0.2) is 0 Å². The molecule has 88 valence electrons. The molecule has 6 heteroatoms. The zero-order chi connectivity index (χ0) is 11.8. The molecule has 3 N–H and O–H groups in total. The summed E-state index contributed by atoms with van der Waals surface area (Å²) in [7, 11) is 3.91. The number of hydrogen-bond donors (Lipinski definition) is 2. The van der Waals surface area contributed by atoms with E-state index in [0.29, 0.717) is 5.75 Å². The van der Waals surface area contributed by atoms with Gasteiger partial charge in [-0.15, -0.1) is 0 Å². The van der Waals surface area contributed by atoms with Crippen molar-refractivity contribution in [2.45, 2.75) is 6.42 Å². The molecule has 0 aromatic rings. The van der Waals surface area contributed by atoms with Crippen molar-refractivity contribution in [3.8, 4) is 0 Å². The first kappa shape index (κ1) is 14.2. The molecule has 0 aliphatic carbocycles. The number of carboxylic acids is 1. The first-order valence-electron chi connectivity index (χ1n) is 4.67. The molecule has 1 atom stereocenters. The van der Waals surface area contributed by atoms with Gasteiger partial charge in [-0.25, -0.2) is 0 Å². The minimum absolute atomic E-state index is 0.0791. The molecular formula is C9H18N2O3S. The van der Waals surface area contributed by atoms with Crippen LogP contribution in [0.1, 0.15) is 6.42 Å². The van der Waals surface area contributed by atoms with E-state index in [9.17, 15) is 9.59 Å². The lowest BCUT2D eigenvalue weighted by atomic mass is 10.1. The maximum Gasteiger partial charge on any atom is 0.307 e. The molecule has 1 amide bonds. The van der Waals surface area contributed by atoms with E-state index >= 15 is 0 Å². The molecule has 1 unspecified atom stereocenters. The van der Waals surface area contributed by atoms with Gasteiger partial charge in [0.1, 0.15) is 0 Å². The second kappa shape index (κ2) is 7.53. The first-order valence-corrected chi connectivity index (χ1v) is 5.82. The van der Waals surface area contributed by atoms with Crippen LogP contribution in [-0.2, 0) is 9.59 Å². The van der Waals surface area contributed by atoms with E-state index in [0.717, 1.165) is 12.3 Å². The number of thioether (sulfide) groups is 1. The lowest BCUT2D eigenvalue weighted by molar-refractivity contribution is -0.142. The van der Waals surface area contributed by atoms with Crippen LogP contribution in [0, 0.1) is 5.92 Å². The molecule has 0 fully saturated rings. The van der Waals surface area contributed by atoms with Gasteiger partial charge in [0.15, 0.2) is 0 Å². The lowest BCUT2D eigenvalue weighted by Crippen LogP contribution is -2.25. The quantitative estimate of drug-likeness (QED) is 0.571. The molecule has 0 saturated heterocycles. The van der Waals surface area contributed by atoms with Crippen LogP contribution in [0.25, 0.3) is 0 Å². The lowest BCUT2D eigenvalue weighted by Gasteiger charge is -2.12. The number of hydrogen-bond acceptors (Lipinski definition) is 4. The van der Waals surface area contributed by atoms with Crippen LogP contribution in [0.2, 0.25) is 0 Å². The van der Waals surface area contributed by atoms with E-state index in [2.05, 4.69) is 0 Å². The van der Waals surface area contributed by atoms with E-state index in [1.54, 1.807) is 0 Å². The predicted octanol–water partition coefficient (Wildman–Crippen LogP) is -0.143. The summed E-state index contributed by atoms with van der Waals surface area (Å²) in [6.07, 6.45) is -0.0791. The van der Waals surface area contributed by atoms with Gasteiger partial charge in [-0.3, -0.25) is 9.59 Å². The van der Waals surface area contributed by atoms with E-state index in [1.165, 1.54) is 11.8 Å². The number of carboxylic acid groups (broad SMARTS) is 1. The smallest absolute Gasteiger partial charge is 0.307 e. The van der Waals surface area contributed by atoms with E-state index in [-0.39, 0.29) is 6.42 Å². The standard InChI is InChI=1S/C9H18N2O3S/c1-11(2)3-4-15-6-7(9(13)14)5-8(10)12/h7H,3-6H2,1-2H3,(H2,10,12)(H,13,14). The fourth-order valence-electron chi connectivity index (χ4n) is 0.933. The Balaban J connectivity index is 3.77. The summed E-state index contributed by atoms with van der Waals surface area (Å²) in [5.74, 6) is -0.877. The van der Waals surface area contributed by atoms with Crippen LogP contribution in [0.4, 0.5) is 0 Å². The molecule has 15 heavy (non-hydrogen) atoms. The molecular weight excluding hydrogens is 216 g/mol. The second-order valence-corrected chi connectivity index (χ2v) is 4.73. The number of nitrogens with two attached hydrogens (primary N) is 1. The molecule has 0 saturated carbocycles. The first-order chi connectivity index (χ1) is 6.93. The summed E-state index contributed by atoms with van der Waals surface area (Å²) < 4.78 is 0. The van der Waals surface area contributed by atoms with Gasteiger partial charge in [0.2, 0.25) is 5.91 Å². The minimum Gasteiger partial charge on any atom is -0.481 e. The maximum atomic E-state index is 10.7. The van der Waals surface area contributed by atoms with Crippen molar-refractivity contribution in [3.63, 3.8) is 0 Å². The Bertz CT molecular complexity index is 221. The Morgan fingerprint density at radius 1 is 1.47 bits per heavy atom. The average Bonchev–Trinajstić information content (AvgIpc) is 2.08. The highest BCUT2D eigenvalue weighted by Crippen LogP contribution is 2.12. The van der Waals surface area contributed by atoms with Crippen LogP contribution in [0.3, 0.4) is 0 Å². The zero-order valence-corrected chi connectivity index (χ0v) is 9.92. The SMILES string of the molecule is CN(C)CCSCC(CC(N)=O)C(=O)O. The second-order valence-electron chi connectivity index (χ2n) is 3.58. The molecule has 0 heterocycles. The van der Waals surface area contributed by atoms with Crippen LogP contribution < -0.4 is 5.73 Å². The summed E-state index contributed by atoms with van der Waals surface area (Å²) in [6.45, 7) is 0.896. The zero-order valence-electron chi connectivity index (χ0n) is 9.10. The number of carbonyl (C=O) groups is 2. The third kappa shape index (κ3) is 8.26. The fourth-order valence-corrected chi connectivity index (χ4v) is 2.14. The molecule has 0 aliphatic rings. The van der Waals surface area contributed by atoms with Gasteiger partial charge in [-0.05, 0) is 14.1 Å². The number of nitrogens with zero attached hydrogens (tertiary/aromatic N) is 1. The van der Waals surface area contributed by atoms with Gasteiger partial charge in [-0.1, -0.05) is 0 Å². The van der Waals surface area contributed by atoms with Gasteiger partial charge in [-0.2, -0.15) is 11.8 Å². The summed E-state index contributed by atoms with van der Waals surface area (Å²) >= 11 is 1.53. The molecule has 0 aromatic heterocycles. The molecule has 0 bridgehead atoms. The summed E-state index contributed by atoms with van der Waals surface area (Å²) in [5, 5.41) is 8.80. The van der Waals surface area contributed by atoms with Crippen molar-refractivity contribution < 1.29 is 14.7 Å². The number of carbonyl (C=O) groups excluding carboxylic acids is 1. The molecule has 0 radical (unpaired) electrons. The fraction of sp³-hybridized carbons (Fsp3) is 0.778. The monoisotopic (exact) mass is 234 g/mol. The van der Waals surface area contributed by atoms with Crippen molar-refractivity contribution in [3.05, 3.63) is 0 Å². The highest BCUT2D eigenvalue weighted by atomic mass is 32.2. The largest absolute Gasteiger partial charge is 0.481 e. The van der Waals surface area contributed by atoms with Crippen LogP contribution in [-0.4, -0.2) is 54.0 Å². The third-order valence-corrected chi connectivity index (χ3v) is 2.91. The molecule has 0 rings (SSSR count). The molecule has 5 nitrogen and oxygen atoms in total. The van der Waals surface area contributed by atoms with Crippen molar-refractivity contribution in [1.29, 1.82) is 0 Å². The number of primary amides is 1. The number of rotatable bonds is 8. The van der Waals surface area contributed by atoms with Crippen LogP contribution in [0.5, 0.6) is 0 Å². The highest BCUT2D eigenvalue weighted by Gasteiger charge is 2.19. The Kier molecular flexibility index (Phi) is 7.15. The summed E-state index contributed by atoms with van der Waals surface area (Å²) in [6, 6.07) is 0. The van der Waals surface area contributed by atoms with E-state index < -0.39 is 17.8 Å².